The maximum Gasteiger partial charge on any atom is 0.322 e. The monoisotopic (exact) mass is 273 g/mol. The molecular weight excluding hydrogens is 258 g/mol. The highest BCUT2D eigenvalue weighted by Crippen LogP contribution is 2.16. The SMILES string of the molecule is COC(=O)C(N)CCSCc1ccc(Cl)cc1. The third-order valence-corrected chi connectivity index (χ3v) is 3.57. The molecule has 0 heterocycles. The quantitative estimate of drug-likeness (QED) is 0.639. The molecular formula is C12H16ClNO2S. The molecule has 0 bridgehead atoms. The predicted molar refractivity (Wildman–Crippen MR) is 72.2 cm³/mol. The number of nitrogens with two attached hydrogens (primary N) is 1. The minimum Gasteiger partial charge on any atom is -0.468 e. The van der Waals surface area contributed by atoms with Crippen LogP contribution < -0.4 is 5.73 Å². The Labute approximate surface area is 111 Å². The van der Waals surface area contributed by atoms with E-state index < -0.39 is 6.04 Å². The van der Waals surface area contributed by atoms with Crippen molar-refractivity contribution in [1.82, 2.24) is 0 Å². The Morgan fingerprint density at radius 2 is 2.12 bits per heavy atom. The maximum absolute atomic E-state index is 11.0. The van der Waals surface area contributed by atoms with Gasteiger partial charge in [-0.3, -0.25) is 4.79 Å². The fraction of sp³-hybridized carbons (Fsp3) is 0.417. The summed E-state index contributed by atoms with van der Waals surface area (Å²) in [4.78, 5) is 11.0. The second-order valence-electron chi connectivity index (χ2n) is 3.60. The Morgan fingerprint density at radius 3 is 2.71 bits per heavy atom. The Morgan fingerprint density at radius 1 is 1.47 bits per heavy atom. The standard InChI is InChI=1S/C12H16ClNO2S/c1-16-12(15)11(14)6-7-17-8-9-2-4-10(13)5-3-9/h2-5,11H,6-8,14H2,1H3. The van der Waals surface area contributed by atoms with Gasteiger partial charge in [0.05, 0.1) is 7.11 Å². The highest BCUT2D eigenvalue weighted by molar-refractivity contribution is 7.98. The lowest BCUT2D eigenvalue weighted by atomic mass is 10.2. The fourth-order valence-corrected chi connectivity index (χ4v) is 2.37. The minimum atomic E-state index is -0.516. The van der Waals surface area contributed by atoms with Crippen LogP contribution in [-0.2, 0) is 15.3 Å². The number of carbonyl (C=O) groups excluding carboxylic acids is 1. The van der Waals surface area contributed by atoms with Gasteiger partial charge in [0.15, 0.2) is 0 Å². The summed E-state index contributed by atoms with van der Waals surface area (Å²) in [5, 5.41) is 0.742. The predicted octanol–water partition coefficient (Wildman–Crippen LogP) is 2.46. The molecule has 0 amide bonds. The van der Waals surface area contributed by atoms with Crippen LogP contribution in [0, 0.1) is 0 Å². The van der Waals surface area contributed by atoms with E-state index in [2.05, 4.69) is 4.74 Å². The summed E-state index contributed by atoms with van der Waals surface area (Å²) in [6.45, 7) is 0. The molecule has 94 valence electrons. The van der Waals surface area contributed by atoms with E-state index in [1.165, 1.54) is 12.7 Å². The van der Waals surface area contributed by atoms with E-state index in [9.17, 15) is 4.79 Å². The molecule has 0 saturated heterocycles. The number of halogens is 1. The molecule has 0 aliphatic carbocycles. The van der Waals surface area contributed by atoms with Crippen molar-refractivity contribution in [3.8, 4) is 0 Å². The lowest BCUT2D eigenvalue weighted by Crippen LogP contribution is -2.31. The van der Waals surface area contributed by atoms with Crippen molar-refractivity contribution >= 4 is 29.3 Å². The Hall–Kier alpha value is -0.710. The van der Waals surface area contributed by atoms with Crippen LogP contribution in [0.4, 0.5) is 0 Å². The van der Waals surface area contributed by atoms with E-state index in [0.29, 0.717) is 6.42 Å². The van der Waals surface area contributed by atoms with E-state index in [-0.39, 0.29) is 5.97 Å². The van der Waals surface area contributed by atoms with Gasteiger partial charge in [0.2, 0.25) is 0 Å². The van der Waals surface area contributed by atoms with Gasteiger partial charge in [-0.25, -0.2) is 0 Å². The molecule has 5 heteroatoms. The van der Waals surface area contributed by atoms with Crippen LogP contribution in [-0.4, -0.2) is 24.9 Å². The number of carbonyl (C=O) groups is 1. The molecule has 0 radical (unpaired) electrons. The number of benzene rings is 1. The Bertz CT molecular complexity index is 356. The molecule has 1 aromatic carbocycles. The van der Waals surface area contributed by atoms with Crippen LogP contribution in [0.25, 0.3) is 0 Å². The first kappa shape index (κ1) is 14.4. The second-order valence-corrected chi connectivity index (χ2v) is 5.14. The van der Waals surface area contributed by atoms with E-state index >= 15 is 0 Å². The summed E-state index contributed by atoms with van der Waals surface area (Å²) in [6.07, 6.45) is 0.630. The van der Waals surface area contributed by atoms with Gasteiger partial charge in [-0.05, 0) is 29.9 Å². The summed E-state index contributed by atoms with van der Waals surface area (Å²) in [5.74, 6) is 1.38. The molecule has 1 rings (SSSR count). The van der Waals surface area contributed by atoms with E-state index in [4.69, 9.17) is 17.3 Å². The average molecular weight is 274 g/mol. The molecule has 17 heavy (non-hydrogen) atoms. The topological polar surface area (TPSA) is 52.3 Å². The van der Waals surface area contributed by atoms with Crippen LogP contribution in [0.3, 0.4) is 0 Å². The summed E-state index contributed by atoms with van der Waals surface area (Å²) >= 11 is 7.53. The second kappa shape index (κ2) is 7.58. The first-order valence-corrected chi connectivity index (χ1v) is 6.82. The minimum absolute atomic E-state index is 0.350. The van der Waals surface area contributed by atoms with Crippen molar-refractivity contribution in [3.05, 3.63) is 34.9 Å². The van der Waals surface area contributed by atoms with Gasteiger partial charge < -0.3 is 10.5 Å². The van der Waals surface area contributed by atoms with Crippen LogP contribution in [0.2, 0.25) is 5.02 Å². The molecule has 3 nitrogen and oxygen atoms in total. The van der Waals surface area contributed by atoms with Crippen LogP contribution in [0.5, 0.6) is 0 Å². The number of methoxy groups -OCH3 is 1. The molecule has 0 aliphatic heterocycles. The zero-order valence-corrected chi connectivity index (χ0v) is 11.3. The molecule has 0 aliphatic rings. The Balaban J connectivity index is 2.20. The zero-order chi connectivity index (χ0) is 12.7. The molecule has 1 unspecified atom stereocenters. The molecule has 2 N–H and O–H groups in total. The van der Waals surface area contributed by atoms with Crippen LogP contribution >= 0.6 is 23.4 Å². The van der Waals surface area contributed by atoms with Gasteiger partial charge in [0.1, 0.15) is 6.04 Å². The smallest absolute Gasteiger partial charge is 0.322 e. The number of esters is 1. The highest BCUT2D eigenvalue weighted by atomic mass is 35.5. The van der Waals surface area contributed by atoms with Crippen molar-refractivity contribution in [1.29, 1.82) is 0 Å². The van der Waals surface area contributed by atoms with Gasteiger partial charge >= 0.3 is 5.97 Å². The third-order valence-electron chi connectivity index (χ3n) is 2.26. The normalized spacial score (nSPS) is 12.2. The molecule has 0 aromatic heterocycles. The lowest BCUT2D eigenvalue weighted by molar-refractivity contribution is -0.142. The van der Waals surface area contributed by atoms with Crippen molar-refractivity contribution in [2.75, 3.05) is 12.9 Å². The lowest BCUT2D eigenvalue weighted by Gasteiger charge is -2.08. The van der Waals surface area contributed by atoms with Gasteiger partial charge in [0, 0.05) is 10.8 Å². The fourth-order valence-electron chi connectivity index (χ4n) is 1.25. The van der Waals surface area contributed by atoms with Crippen molar-refractivity contribution in [3.63, 3.8) is 0 Å². The molecule has 1 atom stereocenters. The van der Waals surface area contributed by atoms with Gasteiger partial charge in [0.25, 0.3) is 0 Å². The van der Waals surface area contributed by atoms with Crippen molar-refractivity contribution in [2.24, 2.45) is 5.73 Å². The maximum atomic E-state index is 11.0. The van der Waals surface area contributed by atoms with Crippen LogP contribution in [0.1, 0.15) is 12.0 Å². The zero-order valence-electron chi connectivity index (χ0n) is 9.69. The highest BCUT2D eigenvalue weighted by Gasteiger charge is 2.12. The summed E-state index contributed by atoms with van der Waals surface area (Å²) < 4.78 is 4.55. The number of ether oxygens (including phenoxy) is 1. The Kier molecular flexibility index (Phi) is 6.40. The summed E-state index contributed by atoms with van der Waals surface area (Å²) in [7, 11) is 1.35. The average Bonchev–Trinajstić information content (AvgIpc) is 2.35. The van der Waals surface area contributed by atoms with Gasteiger partial charge in [-0.2, -0.15) is 11.8 Å². The molecule has 0 fully saturated rings. The van der Waals surface area contributed by atoms with E-state index in [1.54, 1.807) is 11.8 Å². The third kappa shape index (κ3) is 5.44. The van der Waals surface area contributed by atoms with Gasteiger partial charge in [-0.1, -0.05) is 23.7 Å². The summed E-state index contributed by atoms with van der Waals surface area (Å²) in [6, 6.07) is 7.22. The first-order chi connectivity index (χ1) is 8.13. The van der Waals surface area contributed by atoms with Crippen molar-refractivity contribution in [2.45, 2.75) is 18.2 Å². The van der Waals surface area contributed by atoms with Crippen LogP contribution in [0.15, 0.2) is 24.3 Å². The van der Waals surface area contributed by atoms with E-state index in [1.807, 2.05) is 24.3 Å². The van der Waals surface area contributed by atoms with Gasteiger partial charge in [-0.15, -0.1) is 0 Å². The van der Waals surface area contributed by atoms with E-state index in [0.717, 1.165) is 16.5 Å². The number of hydrogen-bond donors (Lipinski definition) is 1. The number of rotatable bonds is 6. The molecule has 0 spiro atoms. The number of hydrogen-bond acceptors (Lipinski definition) is 4. The molecule has 0 saturated carbocycles. The largest absolute Gasteiger partial charge is 0.468 e. The number of thioether (sulfide) groups is 1. The summed E-state index contributed by atoms with van der Waals surface area (Å²) in [5.41, 5.74) is 6.84. The first-order valence-electron chi connectivity index (χ1n) is 5.29. The molecule has 1 aromatic rings. The van der Waals surface area contributed by atoms with Crippen molar-refractivity contribution < 1.29 is 9.53 Å².